The first-order chi connectivity index (χ1) is 11.0. The van der Waals surface area contributed by atoms with Gasteiger partial charge in [0.05, 0.1) is 0 Å². The average Bonchev–Trinajstić information content (AvgIpc) is 2.68. The molecule has 132 valence electrons. The third-order valence-corrected chi connectivity index (χ3v) is 5.55. The van der Waals surface area contributed by atoms with Gasteiger partial charge in [-0.15, -0.1) is 0 Å². The number of hydrogen-bond donors (Lipinski definition) is 0. The predicted molar refractivity (Wildman–Crippen MR) is 92.4 cm³/mol. The number of rotatable bonds is 3. The number of ketones is 2. The minimum absolute atomic E-state index is 0.0879. The van der Waals surface area contributed by atoms with Crippen molar-refractivity contribution in [1.29, 1.82) is 0 Å². The molecule has 1 saturated carbocycles. The van der Waals surface area contributed by atoms with Crippen molar-refractivity contribution < 1.29 is 19.1 Å². The van der Waals surface area contributed by atoms with Gasteiger partial charge in [-0.1, -0.05) is 32.4 Å². The summed E-state index contributed by atoms with van der Waals surface area (Å²) < 4.78 is 5.59. The Bertz CT molecular complexity index is 653. The first kappa shape index (κ1) is 18.6. The van der Waals surface area contributed by atoms with Crippen LogP contribution < -0.4 is 0 Å². The lowest BCUT2D eigenvalue weighted by atomic mass is 9.78. The molecule has 2 rings (SSSR count). The normalized spacial score (nSPS) is 31.4. The molecule has 4 heteroatoms. The quantitative estimate of drug-likeness (QED) is 0.580. The van der Waals surface area contributed by atoms with Crippen LogP contribution in [-0.4, -0.2) is 23.1 Å². The van der Waals surface area contributed by atoms with Gasteiger partial charge in [0.1, 0.15) is 0 Å². The summed E-state index contributed by atoms with van der Waals surface area (Å²) in [6, 6.07) is 0. The van der Waals surface area contributed by atoms with Crippen molar-refractivity contribution in [2.75, 3.05) is 0 Å². The van der Waals surface area contributed by atoms with Crippen LogP contribution >= 0.6 is 0 Å². The van der Waals surface area contributed by atoms with Gasteiger partial charge < -0.3 is 4.74 Å². The molecule has 1 fully saturated rings. The van der Waals surface area contributed by atoms with Crippen molar-refractivity contribution >= 4 is 17.5 Å². The van der Waals surface area contributed by atoms with Gasteiger partial charge in [0, 0.05) is 23.8 Å². The van der Waals surface area contributed by atoms with E-state index in [4.69, 9.17) is 4.74 Å². The van der Waals surface area contributed by atoms with Crippen LogP contribution in [0, 0.1) is 11.3 Å². The largest absolute Gasteiger partial charge is 0.448 e. The Hall–Kier alpha value is -1.71. The zero-order valence-electron chi connectivity index (χ0n) is 15.6. The number of Topliss-reactive ketones (excluding diaryl/α,β-unsaturated/α-hetero) is 2. The smallest absolute Gasteiger partial charge is 0.334 e. The fraction of sp³-hybridized carbons (Fsp3) is 0.650. The Balaban J connectivity index is 2.37. The summed E-state index contributed by atoms with van der Waals surface area (Å²) in [5, 5.41) is 0. The lowest BCUT2D eigenvalue weighted by Crippen LogP contribution is -2.41. The Kier molecular flexibility index (Phi) is 4.89. The third-order valence-electron chi connectivity index (χ3n) is 5.55. The van der Waals surface area contributed by atoms with Gasteiger partial charge in [-0.05, 0) is 45.1 Å². The Labute approximate surface area is 144 Å². The van der Waals surface area contributed by atoms with Crippen molar-refractivity contribution in [1.82, 2.24) is 0 Å². The van der Waals surface area contributed by atoms with Gasteiger partial charge in [0.2, 0.25) is 0 Å². The highest BCUT2D eigenvalue weighted by Gasteiger charge is 2.50. The van der Waals surface area contributed by atoms with E-state index in [9.17, 15) is 14.4 Å². The minimum Gasteiger partial charge on any atom is -0.448 e. The third kappa shape index (κ3) is 3.11. The number of carbonyl (C=O) groups excluding carboxylic acids is 3. The summed E-state index contributed by atoms with van der Waals surface area (Å²) in [5.41, 5.74) is 0.932. The standard InChI is InChI=1S/C20H28O4/c1-7-13(4)18(23)24-20(6)9-8-14-17(12(2)3)15(21)10-19(14,5)11-16(20)22/h7,12H,8-11H2,1-6H3/b13-7-/t19-,20+/m1/s1. The summed E-state index contributed by atoms with van der Waals surface area (Å²) in [7, 11) is 0. The Morgan fingerprint density at radius 2 is 1.83 bits per heavy atom. The number of fused-ring (bicyclic) bond motifs is 1. The van der Waals surface area contributed by atoms with Gasteiger partial charge in [-0.2, -0.15) is 0 Å². The summed E-state index contributed by atoms with van der Waals surface area (Å²) in [4.78, 5) is 37.4. The summed E-state index contributed by atoms with van der Waals surface area (Å²) in [5.74, 6) is -0.211. The second-order valence-electron chi connectivity index (χ2n) is 7.90. The molecule has 0 aromatic carbocycles. The molecule has 0 aromatic rings. The fourth-order valence-corrected chi connectivity index (χ4v) is 3.88. The van der Waals surface area contributed by atoms with E-state index in [0.717, 1.165) is 11.1 Å². The highest BCUT2D eigenvalue weighted by Crippen LogP contribution is 2.51. The van der Waals surface area contributed by atoms with Crippen molar-refractivity contribution in [2.24, 2.45) is 11.3 Å². The molecule has 0 radical (unpaired) electrons. The molecule has 0 heterocycles. The molecular weight excluding hydrogens is 304 g/mol. The van der Waals surface area contributed by atoms with Crippen LogP contribution in [-0.2, 0) is 19.1 Å². The van der Waals surface area contributed by atoms with E-state index in [0.29, 0.717) is 24.8 Å². The predicted octanol–water partition coefficient (Wildman–Crippen LogP) is 3.94. The van der Waals surface area contributed by atoms with Crippen LogP contribution in [0.2, 0.25) is 0 Å². The van der Waals surface area contributed by atoms with Crippen LogP contribution in [0.4, 0.5) is 0 Å². The van der Waals surface area contributed by atoms with Gasteiger partial charge in [-0.25, -0.2) is 4.79 Å². The van der Waals surface area contributed by atoms with E-state index in [1.807, 2.05) is 20.8 Å². The fourth-order valence-electron chi connectivity index (χ4n) is 3.88. The number of hydrogen-bond acceptors (Lipinski definition) is 4. The van der Waals surface area contributed by atoms with Gasteiger partial charge in [0.15, 0.2) is 17.2 Å². The van der Waals surface area contributed by atoms with E-state index in [2.05, 4.69) is 0 Å². The minimum atomic E-state index is -1.12. The Morgan fingerprint density at radius 3 is 2.38 bits per heavy atom. The molecule has 0 spiro atoms. The maximum Gasteiger partial charge on any atom is 0.334 e. The van der Waals surface area contributed by atoms with E-state index in [1.165, 1.54) is 0 Å². The van der Waals surface area contributed by atoms with Crippen molar-refractivity contribution in [3.8, 4) is 0 Å². The second-order valence-corrected chi connectivity index (χ2v) is 7.90. The van der Waals surface area contributed by atoms with Crippen LogP contribution in [0.3, 0.4) is 0 Å². The van der Waals surface area contributed by atoms with Crippen molar-refractivity contribution in [3.05, 3.63) is 22.8 Å². The molecular formula is C20H28O4. The van der Waals surface area contributed by atoms with Gasteiger partial charge in [0.25, 0.3) is 0 Å². The number of allylic oxidation sites excluding steroid dienone is 3. The molecule has 0 saturated heterocycles. The van der Waals surface area contributed by atoms with Gasteiger partial charge >= 0.3 is 5.97 Å². The molecule has 2 aliphatic carbocycles. The zero-order valence-corrected chi connectivity index (χ0v) is 15.6. The monoisotopic (exact) mass is 332 g/mol. The van der Waals surface area contributed by atoms with E-state index >= 15 is 0 Å². The second kappa shape index (κ2) is 6.30. The molecule has 2 atom stereocenters. The first-order valence-electron chi connectivity index (χ1n) is 8.70. The first-order valence-corrected chi connectivity index (χ1v) is 8.70. The highest BCUT2D eigenvalue weighted by atomic mass is 16.6. The van der Waals surface area contributed by atoms with Crippen LogP contribution in [0.5, 0.6) is 0 Å². The summed E-state index contributed by atoms with van der Waals surface area (Å²) in [6.45, 7) is 11.2. The molecule has 2 aliphatic rings. The lowest BCUT2D eigenvalue weighted by molar-refractivity contribution is -0.163. The van der Waals surface area contributed by atoms with Crippen molar-refractivity contribution in [3.63, 3.8) is 0 Å². The van der Waals surface area contributed by atoms with Gasteiger partial charge in [-0.3, -0.25) is 9.59 Å². The molecule has 24 heavy (non-hydrogen) atoms. The zero-order chi connectivity index (χ0) is 18.3. The van der Waals surface area contributed by atoms with E-state index < -0.39 is 17.0 Å². The number of carbonyl (C=O) groups is 3. The van der Waals surface area contributed by atoms with E-state index in [1.54, 1.807) is 26.8 Å². The van der Waals surface area contributed by atoms with Crippen molar-refractivity contribution in [2.45, 2.75) is 72.8 Å². The Morgan fingerprint density at radius 1 is 1.21 bits per heavy atom. The maximum absolute atomic E-state index is 12.9. The van der Waals surface area contributed by atoms with Crippen LogP contribution in [0.15, 0.2) is 22.8 Å². The molecule has 0 bridgehead atoms. The summed E-state index contributed by atoms with van der Waals surface area (Å²) in [6.07, 6.45) is 3.38. The highest BCUT2D eigenvalue weighted by molar-refractivity contribution is 6.02. The molecule has 0 unspecified atom stereocenters. The molecule has 0 N–H and O–H groups in total. The van der Waals surface area contributed by atoms with Crippen LogP contribution in [0.25, 0.3) is 0 Å². The lowest BCUT2D eigenvalue weighted by Gasteiger charge is -2.28. The summed E-state index contributed by atoms with van der Waals surface area (Å²) >= 11 is 0. The SMILES string of the molecule is C/C=C(/C)C(=O)O[C@@]1(C)CCC2=C(C(C)C)C(=O)C[C@]2(C)CC1=O. The molecule has 0 aromatic heterocycles. The molecule has 4 nitrogen and oxygen atoms in total. The number of ether oxygens (including phenoxy) is 1. The maximum atomic E-state index is 12.9. The van der Waals surface area contributed by atoms with Crippen LogP contribution in [0.1, 0.15) is 67.2 Å². The molecule has 0 amide bonds. The molecule has 0 aliphatic heterocycles. The number of esters is 1. The average molecular weight is 332 g/mol. The van der Waals surface area contributed by atoms with E-state index in [-0.39, 0.29) is 23.9 Å². The topological polar surface area (TPSA) is 60.4 Å².